The smallest absolute Gasteiger partial charge is 0.219 e. The molecule has 1 amide bonds. The fraction of sp³-hybridized carbons (Fsp3) is 0.615. The van der Waals surface area contributed by atoms with Crippen molar-refractivity contribution in [1.29, 1.82) is 0 Å². The fourth-order valence-corrected chi connectivity index (χ4v) is 4.14. The Morgan fingerprint density at radius 3 is 2.72 bits per heavy atom. The van der Waals surface area contributed by atoms with Gasteiger partial charge in [-0.25, -0.2) is 0 Å². The van der Waals surface area contributed by atoms with E-state index >= 15 is 0 Å². The van der Waals surface area contributed by atoms with E-state index in [4.69, 9.17) is 0 Å². The Hall–Kier alpha value is -0.390. The summed E-state index contributed by atoms with van der Waals surface area (Å²) >= 11 is 5.36. The Morgan fingerprint density at radius 1 is 1.56 bits per heavy atom. The maximum Gasteiger partial charge on any atom is 0.219 e. The minimum Gasteiger partial charge on any atom is -0.343 e. The van der Waals surface area contributed by atoms with Gasteiger partial charge in [0.1, 0.15) is 0 Å². The van der Waals surface area contributed by atoms with Gasteiger partial charge in [-0.2, -0.15) is 0 Å². The molecule has 5 heteroatoms. The Labute approximate surface area is 121 Å². The number of amides is 1. The second kappa shape index (κ2) is 6.17. The van der Waals surface area contributed by atoms with Crippen molar-refractivity contribution in [1.82, 2.24) is 10.2 Å². The molecule has 1 N–H and O–H groups in total. The molecule has 100 valence electrons. The number of halogens is 1. The monoisotopic (exact) mass is 330 g/mol. The van der Waals surface area contributed by atoms with Crippen LogP contribution in [0.2, 0.25) is 0 Å². The van der Waals surface area contributed by atoms with Crippen LogP contribution in [0.3, 0.4) is 0 Å². The van der Waals surface area contributed by atoms with Crippen molar-refractivity contribution >= 4 is 33.2 Å². The number of carbonyl (C=O) groups excluding carboxylic acids is 1. The number of hydrogen-bond donors (Lipinski definition) is 1. The van der Waals surface area contributed by atoms with Crippen LogP contribution in [0.1, 0.15) is 37.6 Å². The second-order valence-corrected chi connectivity index (χ2v) is 6.60. The number of carbonyl (C=O) groups is 1. The maximum atomic E-state index is 11.3. The molecule has 0 spiro atoms. The zero-order chi connectivity index (χ0) is 13.1. The van der Waals surface area contributed by atoms with E-state index in [9.17, 15) is 4.79 Å². The predicted molar refractivity (Wildman–Crippen MR) is 78.8 cm³/mol. The van der Waals surface area contributed by atoms with Crippen LogP contribution in [0.4, 0.5) is 0 Å². The third-order valence-corrected chi connectivity index (χ3v) is 5.52. The zero-order valence-corrected chi connectivity index (χ0v) is 13.2. The lowest BCUT2D eigenvalue weighted by molar-refractivity contribution is -0.129. The van der Waals surface area contributed by atoms with Crippen LogP contribution in [-0.2, 0) is 4.79 Å². The molecule has 0 radical (unpaired) electrons. The van der Waals surface area contributed by atoms with Gasteiger partial charge in [0, 0.05) is 41.4 Å². The molecule has 1 fully saturated rings. The number of likely N-dealkylation sites (tertiary alicyclic amines) is 1. The van der Waals surface area contributed by atoms with E-state index in [2.05, 4.69) is 39.6 Å². The lowest BCUT2D eigenvalue weighted by Gasteiger charge is -2.33. The third-order valence-electron chi connectivity index (χ3n) is 3.46. The van der Waals surface area contributed by atoms with Crippen LogP contribution < -0.4 is 5.32 Å². The number of hydrogen-bond acceptors (Lipinski definition) is 3. The van der Waals surface area contributed by atoms with Crippen molar-refractivity contribution in [3.8, 4) is 0 Å². The molecule has 1 aromatic rings. The standard InChI is InChI=1S/C13H19BrN2OS/c1-9(13-12(14)5-8-18-13)15-11-3-6-16(7-4-11)10(2)17/h5,8-9,11,15H,3-4,6-7H2,1-2H3. The Balaban J connectivity index is 1.85. The van der Waals surface area contributed by atoms with Crippen molar-refractivity contribution in [2.24, 2.45) is 0 Å². The van der Waals surface area contributed by atoms with Crippen LogP contribution in [-0.4, -0.2) is 29.9 Å². The number of piperidine rings is 1. The van der Waals surface area contributed by atoms with E-state index in [0.29, 0.717) is 12.1 Å². The molecule has 2 heterocycles. The summed E-state index contributed by atoms with van der Waals surface area (Å²) in [7, 11) is 0. The molecule has 1 atom stereocenters. The first-order chi connectivity index (χ1) is 8.58. The van der Waals surface area contributed by atoms with E-state index in [1.165, 1.54) is 9.35 Å². The number of thiophene rings is 1. The molecule has 18 heavy (non-hydrogen) atoms. The largest absolute Gasteiger partial charge is 0.343 e. The van der Waals surface area contributed by atoms with E-state index < -0.39 is 0 Å². The number of nitrogens with one attached hydrogen (secondary N) is 1. The summed E-state index contributed by atoms with van der Waals surface area (Å²) in [5.74, 6) is 0.197. The minimum absolute atomic E-state index is 0.197. The normalized spacial score (nSPS) is 18.9. The molecule has 0 saturated carbocycles. The molecule has 1 unspecified atom stereocenters. The van der Waals surface area contributed by atoms with Gasteiger partial charge in [-0.05, 0) is 47.1 Å². The van der Waals surface area contributed by atoms with Crippen LogP contribution in [0, 0.1) is 0 Å². The average Bonchev–Trinajstić information content (AvgIpc) is 2.76. The first-order valence-electron chi connectivity index (χ1n) is 6.32. The van der Waals surface area contributed by atoms with Gasteiger partial charge in [0.25, 0.3) is 0 Å². The van der Waals surface area contributed by atoms with Crippen molar-refractivity contribution in [2.45, 2.75) is 38.8 Å². The Bertz CT molecular complexity index is 413. The van der Waals surface area contributed by atoms with Gasteiger partial charge in [-0.15, -0.1) is 11.3 Å². The highest BCUT2D eigenvalue weighted by atomic mass is 79.9. The van der Waals surface area contributed by atoms with Crippen LogP contribution in [0.5, 0.6) is 0 Å². The maximum absolute atomic E-state index is 11.3. The van der Waals surface area contributed by atoms with Crippen molar-refractivity contribution in [3.05, 3.63) is 20.8 Å². The molecule has 1 saturated heterocycles. The summed E-state index contributed by atoms with van der Waals surface area (Å²) < 4.78 is 1.19. The van der Waals surface area contributed by atoms with E-state index in [1.54, 1.807) is 18.3 Å². The van der Waals surface area contributed by atoms with Gasteiger partial charge in [0.05, 0.1) is 0 Å². The average molecular weight is 331 g/mol. The van der Waals surface area contributed by atoms with E-state index in [0.717, 1.165) is 25.9 Å². The molecule has 3 nitrogen and oxygen atoms in total. The third kappa shape index (κ3) is 3.33. The van der Waals surface area contributed by atoms with Gasteiger partial charge in [-0.1, -0.05) is 0 Å². The van der Waals surface area contributed by atoms with Gasteiger partial charge in [-0.3, -0.25) is 4.79 Å². The topological polar surface area (TPSA) is 32.3 Å². The summed E-state index contributed by atoms with van der Waals surface area (Å²) in [5, 5.41) is 5.77. The van der Waals surface area contributed by atoms with E-state index in [-0.39, 0.29) is 5.91 Å². The summed E-state index contributed by atoms with van der Waals surface area (Å²) in [5.41, 5.74) is 0. The summed E-state index contributed by atoms with van der Waals surface area (Å²) in [6.45, 7) is 5.61. The molecule has 0 aromatic carbocycles. The lowest BCUT2D eigenvalue weighted by Crippen LogP contribution is -2.44. The SMILES string of the molecule is CC(=O)N1CCC(NC(C)c2sccc2Br)CC1. The van der Waals surface area contributed by atoms with Crippen molar-refractivity contribution in [2.75, 3.05) is 13.1 Å². The lowest BCUT2D eigenvalue weighted by atomic mass is 10.0. The van der Waals surface area contributed by atoms with Gasteiger partial charge in [0.15, 0.2) is 0 Å². The first kappa shape index (κ1) is 14.0. The van der Waals surface area contributed by atoms with Gasteiger partial charge >= 0.3 is 0 Å². The molecular weight excluding hydrogens is 312 g/mol. The second-order valence-electron chi connectivity index (χ2n) is 4.80. The number of nitrogens with zero attached hydrogens (tertiary/aromatic N) is 1. The highest BCUT2D eigenvalue weighted by Crippen LogP contribution is 2.29. The quantitative estimate of drug-likeness (QED) is 0.923. The summed E-state index contributed by atoms with van der Waals surface area (Å²) in [6.07, 6.45) is 2.10. The molecule has 0 bridgehead atoms. The van der Waals surface area contributed by atoms with Crippen molar-refractivity contribution in [3.63, 3.8) is 0 Å². The van der Waals surface area contributed by atoms with Gasteiger partial charge in [0.2, 0.25) is 5.91 Å². The first-order valence-corrected chi connectivity index (χ1v) is 7.99. The van der Waals surface area contributed by atoms with Gasteiger partial charge < -0.3 is 10.2 Å². The Kier molecular flexibility index (Phi) is 4.81. The molecule has 0 aliphatic carbocycles. The molecule has 1 aliphatic rings. The van der Waals surface area contributed by atoms with E-state index in [1.807, 2.05) is 4.90 Å². The zero-order valence-electron chi connectivity index (χ0n) is 10.8. The summed E-state index contributed by atoms with van der Waals surface area (Å²) in [6, 6.07) is 2.98. The Morgan fingerprint density at radius 2 is 2.22 bits per heavy atom. The predicted octanol–water partition coefficient (Wildman–Crippen LogP) is 3.17. The molecular formula is C13H19BrN2OS. The highest BCUT2D eigenvalue weighted by molar-refractivity contribution is 9.10. The van der Waals surface area contributed by atoms with Crippen LogP contribution in [0.25, 0.3) is 0 Å². The number of rotatable bonds is 3. The molecule has 1 aliphatic heterocycles. The highest BCUT2D eigenvalue weighted by Gasteiger charge is 2.22. The van der Waals surface area contributed by atoms with Crippen LogP contribution in [0.15, 0.2) is 15.9 Å². The molecule has 1 aromatic heterocycles. The van der Waals surface area contributed by atoms with Crippen LogP contribution >= 0.6 is 27.3 Å². The summed E-state index contributed by atoms with van der Waals surface area (Å²) in [4.78, 5) is 14.5. The minimum atomic E-state index is 0.197. The molecule has 2 rings (SSSR count). The fourth-order valence-electron chi connectivity index (χ4n) is 2.40. The van der Waals surface area contributed by atoms with Crippen molar-refractivity contribution < 1.29 is 4.79 Å².